The van der Waals surface area contributed by atoms with Gasteiger partial charge in [0.1, 0.15) is 6.29 Å². The van der Waals surface area contributed by atoms with E-state index in [-0.39, 0.29) is 12.1 Å². The molecule has 0 N–H and O–H groups in total. The van der Waals surface area contributed by atoms with Crippen molar-refractivity contribution in [1.29, 1.82) is 0 Å². The summed E-state index contributed by atoms with van der Waals surface area (Å²) >= 11 is 0. The smallest absolute Gasteiger partial charge is 0.272 e. The predicted molar refractivity (Wildman–Crippen MR) is 94.5 cm³/mol. The van der Waals surface area contributed by atoms with Crippen molar-refractivity contribution in [3.8, 4) is 0 Å². The number of hydrogen-bond donors (Lipinski definition) is 0. The van der Waals surface area contributed by atoms with Gasteiger partial charge in [0, 0.05) is 29.4 Å². The quantitative estimate of drug-likeness (QED) is 0.406. The monoisotopic (exact) mass is 358 g/mol. The van der Waals surface area contributed by atoms with Gasteiger partial charge in [0.05, 0.1) is 4.92 Å². The van der Waals surface area contributed by atoms with Crippen LogP contribution in [0.2, 0.25) is 0 Å². The number of hydrogen-bond acceptors (Lipinski definition) is 6. The largest absolute Gasteiger partial charge is 0.303 e. The Balaban J connectivity index is 0.000000260. The van der Waals surface area contributed by atoms with E-state index in [1.54, 1.807) is 42.5 Å². The average Bonchev–Trinajstić information content (AvgIpc) is 2.65. The van der Waals surface area contributed by atoms with Gasteiger partial charge in [-0.25, -0.2) is 0 Å². The van der Waals surface area contributed by atoms with Crippen molar-refractivity contribution >= 4 is 18.3 Å². The zero-order valence-electron chi connectivity index (χ0n) is 13.9. The molecule has 8 heteroatoms. The maximum atomic E-state index is 10.5. The van der Waals surface area contributed by atoms with E-state index in [2.05, 4.69) is 0 Å². The molecule has 136 valence electrons. The van der Waals surface area contributed by atoms with Gasteiger partial charge in [-0.2, -0.15) is 0 Å². The molecule has 2 aromatic carbocycles. The minimum absolute atomic E-state index is 0.0874. The van der Waals surface area contributed by atoms with Gasteiger partial charge in [-0.05, 0) is 12.0 Å². The Morgan fingerprint density at radius 1 is 0.923 bits per heavy atom. The van der Waals surface area contributed by atoms with E-state index in [9.17, 15) is 29.8 Å². The Morgan fingerprint density at radius 3 is 2.08 bits per heavy atom. The van der Waals surface area contributed by atoms with Crippen LogP contribution in [0.1, 0.15) is 17.5 Å². The second-order valence-electron chi connectivity index (χ2n) is 5.27. The molecule has 2 rings (SSSR count). The lowest BCUT2D eigenvalue weighted by Crippen LogP contribution is -2.23. The van der Waals surface area contributed by atoms with Crippen LogP contribution in [0.25, 0.3) is 0 Å². The summed E-state index contributed by atoms with van der Waals surface area (Å²) < 4.78 is 0. The molecule has 0 fully saturated rings. The van der Waals surface area contributed by atoms with E-state index in [1.165, 1.54) is 6.07 Å². The Kier molecular flexibility index (Phi) is 8.88. The van der Waals surface area contributed by atoms with Crippen LogP contribution >= 0.6 is 0 Å². The molecule has 1 atom stereocenters. The first-order valence-electron chi connectivity index (χ1n) is 7.78. The van der Waals surface area contributed by atoms with Gasteiger partial charge in [0.25, 0.3) is 11.7 Å². The van der Waals surface area contributed by atoms with Crippen LogP contribution in [0.3, 0.4) is 0 Å². The summed E-state index contributed by atoms with van der Waals surface area (Å²) in [6.07, 6.45) is 2.05. The molecular weight excluding hydrogens is 340 g/mol. The number of nitro benzene ring substituents is 1. The number of aldehydes is 2. The number of rotatable bonds is 8. The standard InChI is InChI=1S/2C9H9NO3/c11-7-3-5-8-4-1-2-6-9(8)10(12)13;11-7-9(10(12)13)6-8-4-2-1-3-5-8/h1-2,4,6-7H,3,5H2;1-5,7,9H,6H2. The van der Waals surface area contributed by atoms with E-state index in [0.29, 0.717) is 24.7 Å². The maximum Gasteiger partial charge on any atom is 0.272 e. The highest BCUT2D eigenvalue weighted by Gasteiger charge is 2.18. The fourth-order valence-corrected chi connectivity index (χ4v) is 2.14. The fourth-order valence-electron chi connectivity index (χ4n) is 2.14. The second kappa shape index (κ2) is 11.2. The van der Waals surface area contributed by atoms with Crippen LogP contribution < -0.4 is 0 Å². The van der Waals surface area contributed by atoms with Gasteiger partial charge in [-0.15, -0.1) is 0 Å². The van der Waals surface area contributed by atoms with E-state index < -0.39 is 15.9 Å². The molecule has 0 saturated carbocycles. The highest BCUT2D eigenvalue weighted by Crippen LogP contribution is 2.18. The van der Waals surface area contributed by atoms with Crippen LogP contribution in [0.15, 0.2) is 54.6 Å². The summed E-state index contributed by atoms with van der Waals surface area (Å²) in [4.78, 5) is 40.2. The van der Waals surface area contributed by atoms with Crippen molar-refractivity contribution in [2.45, 2.75) is 25.3 Å². The number of carbonyl (C=O) groups excluding carboxylic acids is 2. The molecule has 1 unspecified atom stereocenters. The normalized spacial score (nSPS) is 10.8. The molecule has 0 aliphatic heterocycles. The summed E-state index contributed by atoms with van der Waals surface area (Å²) in [5, 5.41) is 20.8. The molecule has 0 amide bonds. The molecule has 0 radical (unpaired) electrons. The molecule has 2 aromatic rings. The van der Waals surface area contributed by atoms with Gasteiger partial charge in [0.2, 0.25) is 0 Å². The maximum absolute atomic E-state index is 10.5. The molecule has 0 aliphatic carbocycles. The van der Waals surface area contributed by atoms with Crippen LogP contribution in [-0.2, 0) is 22.4 Å². The number of para-hydroxylation sites is 1. The minimum Gasteiger partial charge on any atom is -0.303 e. The van der Waals surface area contributed by atoms with Crippen molar-refractivity contribution in [2.24, 2.45) is 0 Å². The number of nitro groups is 2. The molecule has 0 aliphatic rings. The Hall–Kier alpha value is -3.42. The van der Waals surface area contributed by atoms with E-state index >= 15 is 0 Å². The Bertz CT molecular complexity index is 748. The summed E-state index contributed by atoms with van der Waals surface area (Å²) in [6.45, 7) is 0. The molecule has 0 saturated heterocycles. The van der Waals surface area contributed by atoms with Gasteiger partial charge >= 0.3 is 0 Å². The first kappa shape index (κ1) is 20.6. The second-order valence-corrected chi connectivity index (χ2v) is 5.27. The van der Waals surface area contributed by atoms with Crippen LogP contribution in [0, 0.1) is 20.2 Å². The third-order valence-corrected chi connectivity index (χ3v) is 3.44. The number of aryl methyl sites for hydroxylation is 1. The summed E-state index contributed by atoms with van der Waals surface area (Å²) in [7, 11) is 0. The molecule has 26 heavy (non-hydrogen) atoms. The summed E-state index contributed by atoms with van der Waals surface area (Å²) in [5.41, 5.74) is 1.50. The first-order valence-corrected chi connectivity index (χ1v) is 7.78. The highest BCUT2D eigenvalue weighted by atomic mass is 16.6. The van der Waals surface area contributed by atoms with Crippen LogP contribution in [0.4, 0.5) is 5.69 Å². The van der Waals surface area contributed by atoms with Crippen LogP contribution in [0.5, 0.6) is 0 Å². The SMILES string of the molecule is O=CC(Cc1ccccc1)[N+](=O)[O-].O=CCCc1ccccc1[N+](=O)[O-]. The van der Waals surface area contributed by atoms with Crippen molar-refractivity contribution < 1.29 is 19.4 Å². The predicted octanol–water partition coefficient (Wildman–Crippen LogP) is 2.80. The fraction of sp³-hybridized carbons (Fsp3) is 0.222. The van der Waals surface area contributed by atoms with E-state index in [1.807, 2.05) is 6.07 Å². The Morgan fingerprint density at radius 2 is 1.54 bits per heavy atom. The van der Waals surface area contributed by atoms with Gasteiger partial charge in [0.15, 0.2) is 6.29 Å². The van der Waals surface area contributed by atoms with Gasteiger partial charge in [-0.3, -0.25) is 25.0 Å². The first-order chi connectivity index (χ1) is 12.5. The average molecular weight is 358 g/mol. The molecule has 0 heterocycles. The van der Waals surface area contributed by atoms with Crippen molar-refractivity contribution in [3.63, 3.8) is 0 Å². The lowest BCUT2D eigenvalue weighted by molar-refractivity contribution is -0.504. The molecule has 0 spiro atoms. The van der Waals surface area contributed by atoms with Crippen molar-refractivity contribution in [1.82, 2.24) is 0 Å². The molecular formula is C18H18N2O6. The molecule has 8 nitrogen and oxygen atoms in total. The lowest BCUT2D eigenvalue weighted by Gasteiger charge is -2.01. The van der Waals surface area contributed by atoms with Crippen molar-refractivity contribution in [2.75, 3.05) is 0 Å². The topological polar surface area (TPSA) is 120 Å². The number of carbonyl (C=O) groups is 2. The third kappa shape index (κ3) is 7.00. The van der Waals surface area contributed by atoms with Gasteiger partial charge in [-0.1, -0.05) is 48.5 Å². The zero-order chi connectivity index (χ0) is 19.4. The molecule has 0 bridgehead atoms. The van der Waals surface area contributed by atoms with Gasteiger partial charge < -0.3 is 4.79 Å². The minimum atomic E-state index is -1.12. The van der Waals surface area contributed by atoms with E-state index in [0.717, 1.165) is 11.8 Å². The molecule has 0 aromatic heterocycles. The zero-order valence-corrected chi connectivity index (χ0v) is 13.9. The van der Waals surface area contributed by atoms with Crippen LogP contribution in [-0.4, -0.2) is 28.5 Å². The lowest BCUT2D eigenvalue weighted by atomic mass is 10.1. The van der Waals surface area contributed by atoms with E-state index in [4.69, 9.17) is 0 Å². The Labute approximate surface area is 149 Å². The summed E-state index contributed by atoms with van der Waals surface area (Å²) in [5.74, 6) is 0. The third-order valence-electron chi connectivity index (χ3n) is 3.44. The summed E-state index contributed by atoms with van der Waals surface area (Å²) in [6, 6.07) is 14.3. The number of benzene rings is 2. The van der Waals surface area contributed by atoms with Crippen molar-refractivity contribution in [3.05, 3.63) is 86.0 Å². The highest BCUT2D eigenvalue weighted by molar-refractivity contribution is 5.56. The number of nitrogens with zero attached hydrogens (tertiary/aromatic N) is 2.